The van der Waals surface area contributed by atoms with Crippen LogP contribution in [-0.4, -0.2) is 5.11 Å². The van der Waals surface area contributed by atoms with Crippen LogP contribution in [0, 0.1) is 0 Å². The van der Waals surface area contributed by atoms with Crippen molar-refractivity contribution < 1.29 is 5.11 Å². The van der Waals surface area contributed by atoms with Crippen molar-refractivity contribution in [2.75, 3.05) is 0 Å². The first-order valence-corrected chi connectivity index (χ1v) is 10.6. The molecular weight excluding hydrogens is 292 g/mol. The monoisotopic (exact) mass is 332 g/mol. The van der Waals surface area contributed by atoms with E-state index in [0.717, 1.165) is 5.56 Å². The molecule has 0 saturated carbocycles. The van der Waals surface area contributed by atoms with Crippen molar-refractivity contribution in [1.29, 1.82) is 0 Å². The number of rotatable bonds is 16. The third-order valence-electron chi connectivity index (χ3n) is 5.02. The molecule has 0 spiro atoms. The Hall–Kier alpha value is -0.820. The third kappa shape index (κ3) is 11.7. The first kappa shape index (κ1) is 21.2. The standard InChI is InChI=1S/C23H40O/c1-2-3-4-5-6-7-8-9-10-11-12-13-14-15-16-22-17-19-23(21-24)20-18-22/h17-20,24H,2-16,21H2,1H3. The van der Waals surface area contributed by atoms with Gasteiger partial charge in [0.15, 0.2) is 0 Å². The molecule has 138 valence electrons. The van der Waals surface area contributed by atoms with Crippen LogP contribution in [-0.2, 0) is 13.0 Å². The van der Waals surface area contributed by atoms with Gasteiger partial charge in [0.05, 0.1) is 6.61 Å². The number of aliphatic hydroxyl groups excluding tert-OH is 1. The number of unbranched alkanes of at least 4 members (excludes halogenated alkanes) is 13. The molecule has 1 rings (SSSR count). The average molecular weight is 333 g/mol. The Bertz CT molecular complexity index is 368. The van der Waals surface area contributed by atoms with Crippen LogP contribution in [0.1, 0.15) is 108 Å². The highest BCUT2D eigenvalue weighted by Gasteiger charge is 1.96. The summed E-state index contributed by atoms with van der Waals surface area (Å²) < 4.78 is 0. The second-order valence-corrected chi connectivity index (χ2v) is 7.32. The molecule has 0 amide bonds. The summed E-state index contributed by atoms with van der Waals surface area (Å²) in [5, 5.41) is 9.04. The Morgan fingerprint density at radius 2 is 0.917 bits per heavy atom. The van der Waals surface area contributed by atoms with Gasteiger partial charge in [0, 0.05) is 0 Å². The molecule has 0 radical (unpaired) electrons. The summed E-state index contributed by atoms with van der Waals surface area (Å²) >= 11 is 0. The van der Waals surface area contributed by atoms with Gasteiger partial charge in [-0.05, 0) is 24.0 Å². The van der Waals surface area contributed by atoms with Crippen LogP contribution >= 0.6 is 0 Å². The van der Waals surface area contributed by atoms with Gasteiger partial charge in [-0.3, -0.25) is 0 Å². The Kier molecular flexibility index (Phi) is 13.9. The highest BCUT2D eigenvalue weighted by Crippen LogP contribution is 2.14. The summed E-state index contributed by atoms with van der Waals surface area (Å²) in [6.45, 7) is 2.44. The predicted molar refractivity (Wildman–Crippen MR) is 106 cm³/mol. The minimum absolute atomic E-state index is 0.152. The number of hydrogen-bond acceptors (Lipinski definition) is 1. The lowest BCUT2D eigenvalue weighted by Crippen LogP contribution is -1.88. The smallest absolute Gasteiger partial charge is 0.0681 e. The van der Waals surface area contributed by atoms with Gasteiger partial charge in [0.25, 0.3) is 0 Å². The van der Waals surface area contributed by atoms with Crippen molar-refractivity contribution in [3.63, 3.8) is 0 Å². The van der Waals surface area contributed by atoms with Crippen LogP contribution in [0.25, 0.3) is 0 Å². The van der Waals surface area contributed by atoms with E-state index in [1.165, 1.54) is 102 Å². The molecule has 1 nitrogen and oxygen atoms in total. The molecule has 0 aliphatic rings. The van der Waals surface area contributed by atoms with Crippen LogP contribution in [0.4, 0.5) is 0 Å². The zero-order valence-corrected chi connectivity index (χ0v) is 16.1. The van der Waals surface area contributed by atoms with E-state index >= 15 is 0 Å². The van der Waals surface area contributed by atoms with E-state index in [1.807, 2.05) is 12.1 Å². The van der Waals surface area contributed by atoms with Gasteiger partial charge < -0.3 is 5.11 Å². The average Bonchev–Trinajstić information content (AvgIpc) is 2.62. The van der Waals surface area contributed by atoms with E-state index in [0.29, 0.717) is 0 Å². The molecule has 0 unspecified atom stereocenters. The van der Waals surface area contributed by atoms with Crippen LogP contribution in [0.5, 0.6) is 0 Å². The summed E-state index contributed by atoms with van der Waals surface area (Å²) in [5.41, 5.74) is 2.42. The maximum atomic E-state index is 9.04. The minimum Gasteiger partial charge on any atom is -0.392 e. The third-order valence-corrected chi connectivity index (χ3v) is 5.02. The van der Waals surface area contributed by atoms with Crippen molar-refractivity contribution in [3.05, 3.63) is 35.4 Å². The molecule has 0 heterocycles. The molecule has 0 aliphatic carbocycles. The molecule has 1 aromatic rings. The molecule has 0 bridgehead atoms. The van der Waals surface area contributed by atoms with Gasteiger partial charge in [-0.15, -0.1) is 0 Å². The van der Waals surface area contributed by atoms with E-state index in [2.05, 4.69) is 19.1 Å². The van der Waals surface area contributed by atoms with Crippen LogP contribution in [0.15, 0.2) is 24.3 Å². The lowest BCUT2D eigenvalue weighted by Gasteiger charge is -2.04. The minimum atomic E-state index is 0.152. The predicted octanol–water partition coefficient (Wildman–Crippen LogP) is 7.20. The summed E-state index contributed by atoms with van der Waals surface area (Å²) in [6, 6.07) is 8.40. The topological polar surface area (TPSA) is 20.2 Å². The number of hydrogen-bond donors (Lipinski definition) is 1. The fourth-order valence-electron chi connectivity index (χ4n) is 3.34. The number of aryl methyl sites for hydroxylation is 1. The first-order valence-electron chi connectivity index (χ1n) is 10.6. The molecule has 0 aromatic heterocycles. The molecule has 0 fully saturated rings. The fraction of sp³-hybridized carbons (Fsp3) is 0.739. The molecule has 24 heavy (non-hydrogen) atoms. The molecule has 1 N–H and O–H groups in total. The molecule has 0 saturated heterocycles. The van der Waals surface area contributed by atoms with Crippen LogP contribution < -0.4 is 0 Å². The largest absolute Gasteiger partial charge is 0.392 e. The van der Waals surface area contributed by atoms with E-state index in [1.54, 1.807) is 0 Å². The van der Waals surface area contributed by atoms with Crippen LogP contribution in [0.2, 0.25) is 0 Å². The van der Waals surface area contributed by atoms with Gasteiger partial charge in [-0.25, -0.2) is 0 Å². The maximum absolute atomic E-state index is 9.04. The highest BCUT2D eigenvalue weighted by molar-refractivity contribution is 5.21. The van der Waals surface area contributed by atoms with Crippen molar-refractivity contribution in [3.8, 4) is 0 Å². The van der Waals surface area contributed by atoms with Gasteiger partial charge in [-0.1, -0.05) is 115 Å². The molecule has 1 heteroatoms. The summed E-state index contributed by atoms with van der Waals surface area (Å²) in [6.07, 6.45) is 21.0. The van der Waals surface area contributed by atoms with Crippen molar-refractivity contribution >= 4 is 0 Å². The zero-order chi connectivity index (χ0) is 17.3. The van der Waals surface area contributed by atoms with Crippen molar-refractivity contribution in [1.82, 2.24) is 0 Å². The lowest BCUT2D eigenvalue weighted by molar-refractivity contribution is 0.282. The lowest BCUT2D eigenvalue weighted by atomic mass is 10.0. The second-order valence-electron chi connectivity index (χ2n) is 7.32. The van der Waals surface area contributed by atoms with Gasteiger partial charge in [-0.2, -0.15) is 0 Å². The Morgan fingerprint density at radius 1 is 0.542 bits per heavy atom. The second kappa shape index (κ2) is 15.7. The summed E-state index contributed by atoms with van der Waals surface area (Å²) in [4.78, 5) is 0. The van der Waals surface area contributed by atoms with Crippen molar-refractivity contribution in [2.45, 2.75) is 110 Å². The van der Waals surface area contributed by atoms with Gasteiger partial charge in [0.1, 0.15) is 0 Å². The highest BCUT2D eigenvalue weighted by atomic mass is 16.3. The maximum Gasteiger partial charge on any atom is 0.0681 e. The molecular formula is C23H40O. The van der Waals surface area contributed by atoms with Gasteiger partial charge >= 0.3 is 0 Å². The molecule has 1 aromatic carbocycles. The van der Waals surface area contributed by atoms with E-state index in [4.69, 9.17) is 5.11 Å². The SMILES string of the molecule is CCCCCCCCCCCCCCCCc1ccc(CO)cc1. The van der Waals surface area contributed by atoms with E-state index in [9.17, 15) is 0 Å². The van der Waals surface area contributed by atoms with Crippen LogP contribution in [0.3, 0.4) is 0 Å². The zero-order valence-electron chi connectivity index (χ0n) is 16.1. The molecule has 0 atom stereocenters. The van der Waals surface area contributed by atoms with Crippen molar-refractivity contribution in [2.24, 2.45) is 0 Å². The normalized spacial score (nSPS) is 11.1. The first-order chi connectivity index (χ1) is 11.9. The van der Waals surface area contributed by atoms with E-state index < -0.39 is 0 Å². The quantitative estimate of drug-likeness (QED) is 0.317. The summed E-state index contributed by atoms with van der Waals surface area (Å²) in [5.74, 6) is 0. The van der Waals surface area contributed by atoms with Gasteiger partial charge in [0.2, 0.25) is 0 Å². The Labute approximate surface area is 150 Å². The Morgan fingerprint density at radius 3 is 1.33 bits per heavy atom. The fourth-order valence-corrected chi connectivity index (χ4v) is 3.34. The Balaban J connectivity index is 1.80. The number of benzene rings is 1. The van der Waals surface area contributed by atoms with E-state index in [-0.39, 0.29) is 6.61 Å². The molecule has 0 aliphatic heterocycles. The number of aliphatic hydroxyl groups is 1. The summed E-state index contributed by atoms with van der Waals surface area (Å²) in [7, 11) is 0.